The molecule has 0 fully saturated rings. The molecule has 144 valence electrons. The van der Waals surface area contributed by atoms with E-state index in [1.54, 1.807) is 37.1 Å². The van der Waals surface area contributed by atoms with E-state index in [9.17, 15) is 14.0 Å². The van der Waals surface area contributed by atoms with Crippen molar-refractivity contribution in [3.8, 4) is 11.3 Å². The van der Waals surface area contributed by atoms with E-state index in [1.165, 1.54) is 10.6 Å². The lowest BCUT2D eigenvalue weighted by Crippen LogP contribution is -2.40. The van der Waals surface area contributed by atoms with Crippen LogP contribution in [0.15, 0.2) is 35.1 Å². The van der Waals surface area contributed by atoms with Gasteiger partial charge in [0.2, 0.25) is 0 Å². The Bertz CT molecular complexity index is 1150. The maximum atomic E-state index is 14.3. The Balaban J connectivity index is 1.72. The number of hydrogen-bond acceptors (Lipinski definition) is 3. The number of aromatic nitrogens is 3. The number of fused-ring (bicyclic) bond motifs is 1. The Kier molecular flexibility index (Phi) is 4.37. The van der Waals surface area contributed by atoms with Crippen molar-refractivity contribution < 1.29 is 9.18 Å². The number of halogens is 1. The molecule has 4 rings (SSSR count). The number of benzene rings is 1. The van der Waals surface area contributed by atoms with Crippen LogP contribution in [0.4, 0.5) is 4.39 Å². The van der Waals surface area contributed by atoms with Gasteiger partial charge in [0.15, 0.2) is 0 Å². The minimum atomic E-state index is -0.358. The molecular weight excluding hydrogens is 359 g/mol. The number of carbonyl (C=O) groups excluding carboxylic acids is 1. The van der Waals surface area contributed by atoms with Gasteiger partial charge >= 0.3 is 0 Å². The summed E-state index contributed by atoms with van der Waals surface area (Å²) in [5.74, 6) is -0.659. The first-order valence-electron chi connectivity index (χ1n) is 9.16. The summed E-state index contributed by atoms with van der Waals surface area (Å²) in [5.41, 5.74) is 3.97. The predicted octanol–water partition coefficient (Wildman–Crippen LogP) is 2.73. The molecule has 0 bridgehead atoms. The smallest absolute Gasteiger partial charge is 0.263 e. The van der Waals surface area contributed by atoms with Crippen molar-refractivity contribution in [3.05, 3.63) is 74.6 Å². The van der Waals surface area contributed by atoms with Crippen LogP contribution in [-0.4, -0.2) is 32.1 Å². The van der Waals surface area contributed by atoms with Crippen LogP contribution in [0, 0.1) is 19.7 Å². The Morgan fingerprint density at radius 2 is 2.00 bits per heavy atom. The van der Waals surface area contributed by atoms with Crippen LogP contribution < -0.4 is 5.56 Å². The van der Waals surface area contributed by atoms with Crippen LogP contribution in [-0.2, 0) is 20.0 Å². The van der Waals surface area contributed by atoms with Gasteiger partial charge in [-0.05, 0) is 37.6 Å². The minimum Gasteiger partial charge on any atom is -0.334 e. The van der Waals surface area contributed by atoms with E-state index < -0.39 is 0 Å². The lowest BCUT2D eigenvalue weighted by Gasteiger charge is -2.28. The summed E-state index contributed by atoms with van der Waals surface area (Å²) in [6.07, 6.45) is 0.577. The van der Waals surface area contributed by atoms with E-state index in [0.717, 1.165) is 17.0 Å². The monoisotopic (exact) mass is 380 g/mol. The fourth-order valence-electron chi connectivity index (χ4n) is 3.74. The second-order valence-electron chi connectivity index (χ2n) is 7.19. The van der Waals surface area contributed by atoms with Gasteiger partial charge in [0.05, 0.1) is 0 Å². The topological polar surface area (TPSA) is 71.0 Å². The molecule has 1 amide bonds. The molecule has 6 nitrogen and oxygen atoms in total. The maximum absolute atomic E-state index is 14.3. The molecule has 0 radical (unpaired) electrons. The van der Waals surface area contributed by atoms with Gasteiger partial charge in [-0.1, -0.05) is 12.1 Å². The van der Waals surface area contributed by atoms with Crippen molar-refractivity contribution in [1.29, 1.82) is 0 Å². The van der Waals surface area contributed by atoms with Crippen molar-refractivity contribution in [2.24, 2.45) is 7.05 Å². The Morgan fingerprint density at radius 3 is 2.75 bits per heavy atom. The number of nitrogens with one attached hydrogen (secondary N) is 1. The van der Waals surface area contributed by atoms with Crippen molar-refractivity contribution >= 4 is 5.91 Å². The van der Waals surface area contributed by atoms with Crippen molar-refractivity contribution in [2.75, 3.05) is 6.54 Å². The highest BCUT2D eigenvalue weighted by Crippen LogP contribution is 2.30. The van der Waals surface area contributed by atoms with Gasteiger partial charge in [-0.2, -0.15) is 5.10 Å². The minimum absolute atomic E-state index is 0.187. The zero-order valence-corrected chi connectivity index (χ0v) is 16.0. The molecule has 0 unspecified atom stereocenters. The number of aromatic amines is 1. The number of aryl methyl sites for hydroxylation is 2. The summed E-state index contributed by atoms with van der Waals surface area (Å²) in [6.45, 7) is 4.37. The van der Waals surface area contributed by atoms with Gasteiger partial charge in [-0.3, -0.25) is 14.7 Å². The summed E-state index contributed by atoms with van der Waals surface area (Å²) in [6, 6.07) is 8.29. The first kappa shape index (κ1) is 18.2. The van der Waals surface area contributed by atoms with Crippen molar-refractivity contribution in [3.63, 3.8) is 0 Å². The Morgan fingerprint density at radius 1 is 1.25 bits per heavy atom. The van der Waals surface area contributed by atoms with Crippen LogP contribution in [0.1, 0.15) is 32.9 Å². The van der Waals surface area contributed by atoms with E-state index in [4.69, 9.17) is 0 Å². The number of amides is 1. The summed E-state index contributed by atoms with van der Waals surface area (Å²) in [4.78, 5) is 27.5. The average Bonchev–Trinajstić information content (AvgIpc) is 3.09. The van der Waals surface area contributed by atoms with Crippen LogP contribution in [0.25, 0.3) is 11.3 Å². The zero-order chi connectivity index (χ0) is 20.0. The highest BCUT2D eigenvalue weighted by Gasteiger charge is 2.29. The second-order valence-corrected chi connectivity index (χ2v) is 7.19. The number of H-pyrrole nitrogens is 1. The number of rotatable bonds is 2. The van der Waals surface area contributed by atoms with Crippen LogP contribution in [0.3, 0.4) is 0 Å². The highest BCUT2D eigenvalue weighted by atomic mass is 19.1. The maximum Gasteiger partial charge on any atom is 0.263 e. The van der Waals surface area contributed by atoms with Gasteiger partial charge in [0.1, 0.15) is 17.1 Å². The third-order valence-corrected chi connectivity index (χ3v) is 5.43. The number of pyridine rings is 1. The summed E-state index contributed by atoms with van der Waals surface area (Å²) in [7, 11) is 1.66. The molecule has 28 heavy (non-hydrogen) atoms. The molecule has 1 N–H and O–H groups in total. The highest BCUT2D eigenvalue weighted by molar-refractivity contribution is 5.95. The largest absolute Gasteiger partial charge is 0.334 e. The molecule has 1 aliphatic rings. The molecule has 3 heterocycles. The Labute approximate surface area is 161 Å². The lowest BCUT2D eigenvalue weighted by molar-refractivity contribution is 0.0731. The fourth-order valence-corrected chi connectivity index (χ4v) is 3.74. The second kappa shape index (κ2) is 6.74. The number of nitrogens with zero attached hydrogens (tertiary/aromatic N) is 3. The molecule has 0 saturated carbocycles. The summed E-state index contributed by atoms with van der Waals surface area (Å²) in [5, 5.41) is 7.26. The Hall–Kier alpha value is -3.22. The lowest BCUT2D eigenvalue weighted by atomic mass is 9.99. The van der Waals surface area contributed by atoms with Gasteiger partial charge in [-0.25, -0.2) is 4.39 Å². The molecule has 0 spiro atoms. The average molecular weight is 380 g/mol. The summed E-state index contributed by atoms with van der Waals surface area (Å²) >= 11 is 0. The number of hydrogen-bond donors (Lipinski definition) is 1. The first-order valence-corrected chi connectivity index (χ1v) is 9.16. The van der Waals surface area contributed by atoms with Crippen LogP contribution >= 0.6 is 0 Å². The van der Waals surface area contributed by atoms with E-state index in [-0.39, 0.29) is 29.4 Å². The molecule has 7 heteroatoms. The molecule has 1 aliphatic heterocycles. The summed E-state index contributed by atoms with van der Waals surface area (Å²) < 4.78 is 15.7. The molecule has 0 atom stereocenters. The quantitative estimate of drug-likeness (QED) is 0.743. The predicted molar refractivity (Wildman–Crippen MR) is 104 cm³/mol. The molecular formula is C21H21FN4O2. The van der Waals surface area contributed by atoms with Crippen molar-refractivity contribution in [1.82, 2.24) is 19.7 Å². The third-order valence-electron chi connectivity index (χ3n) is 5.43. The zero-order valence-electron chi connectivity index (χ0n) is 16.0. The number of carbonyl (C=O) groups is 1. The SMILES string of the molecule is Cc1cc(C)n(C)c(=O)c1C(=O)N1CCc2[nH]nc(-c3ccccc3F)c2C1. The van der Waals surface area contributed by atoms with Crippen molar-refractivity contribution in [2.45, 2.75) is 26.8 Å². The third kappa shape index (κ3) is 2.83. The van der Waals surface area contributed by atoms with Gasteiger partial charge in [0.25, 0.3) is 11.5 Å². The molecule has 3 aromatic rings. The molecule has 0 aliphatic carbocycles. The van der Waals surface area contributed by atoms with Gasteiger partial charge < -0.3 is 9.47 Å². The first-order chi connectivity index (χ1) is 13.4. The fraction of sp³-hybridized carbons (Fsp3) is 0.286. The molecule has 2 aromatic heterocycles. The van der Waals surface area contributed by atoms with Gasteiger partial charge in [0, 0.05) is 49.1 Å². The van der Waals surface area contributed by atoms with Gasteiger partial charge in [-0.15, -0.1) is 0 Å². The normalized spacial score (nSPS) is 13.5. The van der Waals surface area contributed by atoms with Crippen LogP contribution in [0.5, 0.6) is 0 Å². The standard InChI is InChI=1S/C21H21FN4O2/c1-12-10-13(2)25(3)20(27)18(12)21(28)26-9-8-17-15(11-26)19(24-23-17)14-6-4-5-7-16(14)22/h4-7,10H,8-9,11H2,1-3H3,(H,23,24). The van der Waals surface area contributed by atoms with E-state index >= 15 is 0 Å². The van der Waals surface area contributed by atoms with E-state index in [2.05, 4.69) is 10.2 Å². The molecule has 1 aromatic carbocycles. The van der Waals surface area contributed by atoms with Crippen LogP contribution in [0.2, 0.25) is 0 Å². The molecule has 0 saturated heterocycles. The van der Waals surface area contributed by atoms with E-state index in [0.29, 0.717) is 29.8 Å². The van der Waals surface area contributed by atoms with E-state index in [1.807, 2.05) is 13.0 Å².